The second-order valence-corrected chi connectivity index (χ2v) is 5.68. The van der Waals surface area contributed by atoms with E-state index in [9.17, 15) is 9.59 Å². The number of hydrogen-bond donors (Lipinski definition) is 0. The van der Waals surface area contributed by atoms with Crippen LogP contribution in [0.5, 0.6) is 0 Å². The Morgan fingerprint density at radius 1 is 0.909 bits per heavy atom. The van der Waals surface area contributed by atoms with Gasteiger partial charge >= 0.3 is 5.97 Å². The van der Waals surface area contributed by atoms with Gasteiger partial charge in [-0.05, 0) is 43.3 Å². The summed E-state index contributed by atoms with van der Waals surface area (Å²) in [6, 6.07) is 17.2. The van der Waals surface area contributed by atoms with Gasteiger partial charge in [0, 0.05) is 22.3 Å². The maximum absolute atomic E-state index is 12.1. The van der Waals surface area contributed by atoms with Gasteiger partial charge in [-0.15, -0.1) is 0 Å². The quantitative estimate of drug-likeness (QED) is 0.363. The molecule has 0 saturated carbocycles. The summed E-state index contributed by atoms with van der Waals surface area (Å²) in [6.45, 7) is 2.74. The third-order valence-electron chi connectivity index (χ3n) is 2.74. The summed E-state index contributed by atoms with van der Waals surface area (Å²) in [5.74, 6) is -0.820. The van der Waals surface area contributed by atoms with Crippen LogP contribution in [0, 0.1) is 0 Å². The molecule has 2 rings (SSSR count). The van der Waals surface area contributed by atoms with E-state index in [-0.39, 0.29) is 11.5 Å². The Morgan fingerprint density at radius 3 is 2.09 bits per heavy atom. The number of carbonyl (C=O) groups excluding carboxylic acids is 2. The molecule has 0 aromatic heterocycles. The van der Waals surface area contributed by atoms with Gasteiger partial charge in [0.05, 0.1) is 0 Å². The summed E-state index contributed by atoms with van der Waals surface area (Å²) < 4.78 is 0. The zero-order chi connectivity index (χ0) is 15.9. The maximum Gasteiger partial charge on any atom is 0.331 e. The molecule has 0 atom stereocenters. The first-order chi connectivity index (χ1) is 10.6. The number of benzene rings is 2. The number of Topliss-reactive ketones (excluding diaryl/α,β-unsaturated/α-hetero) is 1. The largest absolute Gasteiger partial charge is 0.331 e. The minimum atomic E-state index is -0.554. The van der Waals surface area contributed by atoms with E-state index in [2.05, 4.69) is 9.99 Å². The Balaban J connectivity index is 2.07. The summed E-state index contributed by atoms with van der Waals surface area (Å²) in [5, 5.41) is 3.50. The van der Waals surface area contributed by atoms with Crippen molar-refractivity contribution in [2.45, 2.75) is 23.6 Å². The molecule has 0 N–H and O–H groups in total. The van der Waals surface area contributed by atoms with Crippen LogP contribution in [0.2, 0.25) is 0 Å². The van der Waals surface area contributed by atoms with Gasteiger partial charge in [-0.2, -0.15) is 0 Å². The van der Waals surface area contributed by atoms with Crippen LogP contribution in [0.1, 0.15) is 24.2 Å². The second-order valence-electron chi connectivity index (χ2n) is 4.53. The van der Waals surface area contributed by atoms with E-state index in [4.69, 9.17) is 0 Å². The van der Waals surface area contributed by atoms with Crippen molar-refractivity contribution in [1.29, 1.82) is 0 Å². The van der Waals surface area contributed by atoms with Crippen molar-refractivity contribution in [3.8, 4) is 0 Å². The second kappa shape index (κ2) is 7.56. The van der Waals surface area contributed by atoms with Gasteiger partial charge in [0.2, 0.25) is 5.78 Å². The summed E-state index contributed by atoms with van der Waals surface area (Å²) in [5.41, 5.74) is 0.643. The van der Waals surface area contributed by atoms with Crippen molar-refractivity contribution in [2.24, 2.45) is 5.16 Å². The van der Waals surface area contributed by atoms with Crippen LogP contribution in [0.4, 0.5) is 0 Å². The molecule has 22 heavy (non-hydrogen) atoms. The van der Waals surface area contributed by atoms with Crippen LogP contribution >= 0.6 is 11.8 Å². The zero-order valence-corrected chi connectivity index (χ0v) is 13.1. The molecular formula is C17H15NO3S. The van der Waals surface area contributed by atoms with E-state index in [1.807, 2.05) is 42.5 Å². The highest BCUT2D eigenvalue weighted by atomic mass is 32.2. The number of rotatable bonds is 5. The van der Waals surface area contributed by atoms with Crippen molar-refractivity contribution < 1.29 is 14.4 Å². The SMILES string of the molecule is CC(=O)O/N=C(\C)C(=O)c1ccc(Sc2ccccc2)cc1. The van der Waals surface area contributed by atoms with Crippen LogP contribution in [0.3, 0.4) is 0 Å². The van der Waals surface area contributed by atoms with E-state index in [0.717, 1.165) is 9.79 Å². The zero-order valence-electron chi connectivity index (χ0n) is 12.3. The Hall–Kier alpha value is -2.40. The molecule has 2 aromatic rings. The maximum atomic E-state index is 12.1. The number of hydrogen-bond acceptors (Lipinski definition) is 5. The summed E-state index contributed by atoms with van der Waals surface area (Å²) in [7, 11) is 0. The Morgan fingerprint density at radius 2 is 1.50 bits per heavy atom. The van der Waals surface area contributed by atoms with E-state index < -0.39 is 5.97 Å². The fraction of sp³-hybridized carbons (Fsp3) is 0.118. The number of ketones is 1. The van der Waals surface area contributed by atoms with E-state index in [1.165, 1.54) is 13.8 Å². The predicted molar refractivity (Wildman–Crippen MR) is 86.2 cm³/mol. The van der Waals surface area contributed by atoms with Crippen molar-refractivity contribution >= 4 is 29.2 Å². The first kappa shape index (κ1) is 16.0. The Labute approximate surface area is 133 Å². The number of nitrogens with zero attached hydrogens (tertiary/aromatic N) is 1. The first-order valence-electron chi connectivity index (χ1n) is 6.66. The molecule has 4 nitrogen and oxygen atoms in total. The molecule has 5 heteroatoms. The van der Waals surface area contributed by atoms with Gasteiger partial charge in [0.15, 0.2) is 0 Å². The Kier molecular flexibility index (Phi) is 5.49. The lowest BCUT2D eigenvalue weighted by atomic mass is 10.1. The van der Waals surface area contributed by atoms with Gasteiger partial charge in [-0.1, -0.05) is 35.1 Å². The molecule has 0 radical (unpaired) electrons. The normalized spacial score (nSPS) is 11.1. The highest BCUT2D eigenvalue weighted by molar-refractivity contribution is 7.99. The van der Waals surface area contributed by atoms with Crippen molar-refractivity contribution in [1.82, 2.24) is 0 Å². The minimum absolute atomic E-state index is 0.138. The highest BCUT2D eigenvalue weighted by Gasteiger charge is 2.11. The van der Waals surface area contributed by atoms with Crippen molar-refractivity contribution in [3.05, 3.63) is 60.2 Å². The molecule has 0 amide bonds. The van der Waals surface area contributed by atoms with E-state index >= 15 is 0 Å². The van der Waals surface area contributed by atoms with Crippen molar-refractivity contribution in [2.75, 3.05) is 0 Å². The average Bonchev–Trinajstić information content (AvgIpc) is 2.53. The van der Waals surface area contributed by atoms with Crippen LogP contribution in [-0.2, 0) is 9.63 Å². The number of carbonyl (C=O) groups is 2. The molecule has 0 bridgehead atoms. The number of oxime groups is 1. The molecule has 0 unspecified atom stereocenters. The third-order valence-corrected chi connectivity index (χ3v) is 3.75. The lowest BCUT2D eigenvalue weighted by molar-refractivity contribution is -0.140. The molecule has 0 saturated heterocycles. The van der Waals surface area contributed by atoms with E-state index in [0.29, 0.717) is 5.56 Å². The highest BCUT2D eigenvalue weighted by Crippen LogP contribution is 2.27. The molecule has 0 aliphatic heterocycles. The lowest BCUT2D eigenvalue weighted by Crippen LogP contribution is -2.11. The van der Waals surface area contributed by atoms with Crippen LogP contribution in [0.25, 0.3) is 0 Å². The fourth-order valence-corrected chi connectivity index (χ4v) is 2.52. The molecular weight excluding hydrogens is 298 g/mol. The molecule has 0 fully saturated rings. The standard InChI is InChI=1S/C17H15NO3S/c1-12(18-21-13(2)19)17(20)14-8-10-16(11-9-14)22-15-6-4-3-5-7-15/h3-11H,1-2H3/b18-12+. The van der Waals surface area contributed by atoms with Crippen LogP contribution < -0.4 is 0 Å². The van der Waals surface area contributed by atoms with Crippen LogP contribution in [0.15, 0.2) is 69.5 Å². The van der Waals surface area contributed by atoms with E-state index in [1.54, 1.807) is 23.9 Å². The summed E-state index contributed by atoms with van der Waals surface area (Å²) >= 11 is 1.62. The van der Waals surface area contributed by atoms with Crippen molar-refractivity contribution in [3.63, 3.8) is 0 Å². The lowest BCUT2D eigenvalue weighted by Gasteiger charge is -2.03. The molecule has 0 aliphatic rings. The molecule has 2 aromatic carbocycles. The average molecular weight is 313 g/mol. The van der Waals surface area contributed by atoms with Gasteiger partial charge in [-0.25, -0.2) is 4.79 Å². The predicted octanol–water partition coefficient (Wildman–Crippen LogP) is 3.96. The monoisotopic (exact) mass is 313 g/mol. The van der Waals surface area contributed by atoms with Gasteiger partial charge < -0.3 is 4.84 Å². The Bertz CT molecular complexity index is 694. The summed E-state index contributed by atoms with van der Waals surface area (Å²) in [4.78, 5) is 29.4. The van der Waals surface area contributed by atoms with Gasteiger partial charge in [0.1, 0.15) is 5.71 Å². The van der Waals surface area contributed by atoms with Gasteiger partial charge in [-0.3, -0.25) is 4.79 Å². The first-order valence-corrected chi connectivity index (χ1v) is 7.48. The molecule has 0 heterocycles. The summed E-state index contributed by atoms with van der Waals surface area (Å²) in [6.07, 6.45) is 0. The molecule has 0 spiro atoms. The molecule has 112 valence electrons. The molecule has 0 aliphatic carbocycles. The third kappa shape index (κ3) is 4.56. The smallest absolute Gasteiger partial charge is 0.318 e. The topological polar surface area (TPSA) is 55.7 Å². The van der Waals surface area contributed by atoms with Gasteiger partial charge in [0.25, 0.3) is 0 Å². The minimum Gasteiger partial charge on any atom is -0.318 e. The van der Waals surface area contributed by atoms with Crippen LogP contribution in [-0.4, -0.2) is 17.5 Å². The fourth-order valence-electron chi connectivity index (χ4n) is 1.68.